The molecule has 144 valence electrons. The minimum Gasteiger partial charge on any atom is -0.493 e. The van der Waals surface area contributed by atoms with E-state index in [0.29, 0.717) is 36.0 Å². The van der Waals surface area contributed by atoms with Crippen LogP contribution in [0.4, 0.5) is 0 Å². The molecule has 1 aliphatic heterocycles. The first-order valence-corrected chi connectivity index (χ1v) is 9.56. The Labute approximate surface area is 164 Å². The van der Waals surface area contributed by atoms with Gasteiger partial charge in [-0.3, -0.25) is 4.79 Å². The lowest BCUT2D eigenvalue weighted by molar-refractivity contribution is 0.174. The summed E-state index contributed by atoms with van der Waals surface area (Å²) in [6.45, 7) is 3.40. The number of unbranched alkanes of at least 4 members (excludes halogenated alkanes) is 1. The van der Waals surface area contributed by atoms with Crippen molar-refractivity contribution in [2.75, 3.05) is 13.4 Å². The van der Waals surface area contributed by atoms with Gasteiger partial charge in [-0.05, 0) is 35.7 Å². The van der Waals surface area contributed by atoms with E-state index in [1.165, 1.54) is 0 Å². The molecule has 0 amide bonds. The molecule has 0 bridgehead atoms. The average molecular weight is 377 g/mol. The number of benzene rings is 2. The molecular formula is C23H23NO4. The van der Waals surface area contributed by atoms with Gasteiger partial charge in [-0.25, -0.2) is 0 Å². The largest absolute Gasteiger partial charge is 0.493 e. The summed E-state index contributed by atoms with van der Waals surface area (Å²) in [5, 5.41) is 0. The quantitative estimate of drug-likeness (QED) is 0.570. The van der Waals surface area contributed by atoms with E-state index in [-0.39, 0.29) is 12.4 Å². The maximum Gasteiger partial charge on any atom is 0.262 e. The first-order chi connectivity index (χ1) is 13.8. The van der Waals surface area contributed by atoms with E-state index in [1.807, 2.05) is 54.6 Å². The number of hydrogen-bond donors (Lipinski definition) is 0. The Morgan fingerprint density at radius 3 is 2.68 bits per heavy atom. The molecule has 0 aliphatic carbocycles. The second-order valence-corrected chi connectivity index (χ2v) is 6.74. The highest BCUT2D eigenvalue weighted by molar-refractivity contribution is 5.72. The molecule has 2 heterocycles. The summed E-state index contributed by atoms with van der Waals surface area (Å²) in [7, 11) is 0. The topological polar surface area (TPSA) is 49.7 Å². The number of aromatic nitrogens is 1. The van der Waals surface area contributed by atoms with Crippen LogP contribution in [0.15, 0.2) is 65.6 Å². The lowest BCUT2D eigenvalue weighted by Crippen LogP contribution is -2.22. The van der Waals surface area contributed by atoms with Crippen molar-refractivity contribution in [2.45, 2.75) is 26.3 Å². The summed E-state index contributed by atoms with van der Waals surface area (Å²) >= 11 is 0. The lowest BCUT2D eigenvalue weighted by Gasteiger charge is -2.14. The SMILES string of the molecule is CCCCOc1ccn(Cc2ccccc2)c(=O)c1-c1ccc2c(c1)OCO2. The smallest absolute Gasteiger partial charge is 0.262 e. The van der Waals surface area contributed by atoms with Gasteiger partial charge in [0.25, 0.3) is 5.56 Å². The van der Waals surface area contributed by atoms with Crippen LogP contribution in [0, 0.1) is 0 Å². The summed E-state index contributed by atoms with van der Waals surface area (Å²) in [5.41, 5.74) is 2.30. The van der Waals surface area contributed by atoms with Crippen LogP contribution in [-0.2, 0) is 6.54 Å². The number of hydrogen-bond acceptors (Lipinski definition) is 4. The molecule has 5 nitrogen and oxygen atoms in total. The van der Waals surface area contributed by atoms with E-state index in [4.69, 9.17) is 14.2 Å². The zero-order valence-electron chi connectivity index (χ0n) is 15.9. The molecule has 0 radical (unpaired) electrons. The molecule has 1 aromatic heterocycles. The van der Waals surface area contributed by atoms with Gasteiger partial charge in [0.15, 0.2) is 11.5 Å². The Hall–Kier alpha value is -3.21. The van der Waals surface area contributed by atoms with Gasteiger partial charge in [-0.2, -0.15) is 0 Å². The zero-order valence-corrected chi connectivity index (χ0v) is 15.9. The van der Waals surface area contributed by atoms with Crippen molar-refractivity contribution in [1.82, 2.24) is 4.57 Å². The number of pyridine rings is 1. The Kier molecular flexibility index (Phi) is 5.33. The van der Waals surface area contributed by atoms with Gasteiger partial charge in [-0.1, -0.05) is 49.7 Å². The van der Waals surface area contributed by atoms with Crippen molar-refractivity contribution in [3.05, 3.63) is 76.7 Å². The molecule has 0 N–H and O–H groups in total. The van der Waals surface area contributed by atoms with E-state index in [1.54, 1.807) is 10.8 Å². The molecule has 0 unspecified atom stereocenters. The van der Waals surface area contributed by atoms with Crippen molar-refractivity contribution in [2.24, 2.45) is 0 Å². The summed E-state index contributed by atoms with van der Waals surface area (Å²) in [4.78, 5) is 13.3. The summed E-state index contributed by atoms with van der Waals surface area (Å²) < 4.78 is 18.6. The fourth-order valence-electron chi connectivity index (χ4n) is 3.23. The Morgan fingerprint density at radius 1 is 1.04 bits per heavy atom. The van der Waals surface area contributed by atoms with Crippen molar-refractivity contribution in [1.29, 1.82) is 0 Å². The molecule has 5 heteroatoms. The van der Waals surface area contributed by atoms with Gasteiger partial charge in [0.05, 0.1) is 18.7 Å². The first kappa shape index (κ1) is 18.2. The van der Waals surface area contributed by atoms with Crippen LogP contribution >= 0.6 is 0 Å². The molecule has 0 fully saturated rings. The zero-order chi connectivity index (χ0) is 19.3. The van der Waals surface area contributed by atoms with Gasteiger partial charge in [0.2, 0.25) is 6.79 Å². The van der Waals surface area contributed by atoms with Crippen LogP contribution in [0.5, 0.6) is 17.2 Å². The highest BCUT2D eigenvalue weighted by Gasteiger charge is 2.19. The fourth-order valence-corrected chi connectivity index (χ4v) is 3.23. The van der Waals surface area contributed by atoms with E-state index in [9.17, 15) is 4.79 Å². The van der Waals surface area contributed by atoms with Crippen LogP contribution in [0.25, 0.3) is 11.1 Å². The number of fused-ring (bicyclic) bond motifs is 1. The Morgan fingerprint density at radius 2 is 1.86 bits per heavy atom. The van der Waals surface area contributed by atoms with Gasteiger partial charge < -0.3 is 18.8 Å². The Bertz CT molecular complexity index is 1010. The van der Waals surface area contributed by atoms with Crippen molar-refractivity contribution in [3.63, 3.8) is 0 Å². The molecule has 28 heavy (non-hydrogen) atoms. The van der Waals surface area contributed by atoms with E-state index < -0.39 is 0 Å². The van der Waals surface area contributed by atoms with E-state index in [2.05, 4.69) is 6.92 Å². The van der Waals surface area contributed by atoms with Gasteiger partial charge in [-0.15, -0.1) is 0 Å². The normalized spacial score (nSPS) is 12.2. The maximum absolute atomic E-state index is 13.3. The fraction of sp³-hybridized carbons (Fsp3) is 0.261. The summed E-state index contributed by atoms with van der Waals surface area (Å²) in [6, 6.07) is 17.4. The van der Waals surface area contributed by atoms with Gasteiger partial charge in [0, 0.05) is 6.20 Å². The van der Waals surface area contributed by atoms with Crippen LogP contribution in [-0.4, -0.2) is 18.0 Å². The third kappa shape index (κ3) is 3.74. The molecule has 1 aliphatic rings. The van der Waals surface area contributed by atoms with Crippen molar-refractivity contribution < 1.29 is 14.2 Å². The number of rotatable bonds is 7. The Balaban J connectivity index is 1.76. The van der Waals surface area contributed by atoms with Crippen LogP contribution in [0.3, 0.4) is 0 Å². The number of ether oxygens (including phenoxy) is 3. The molecule has 4 rings (SSSR count). The summed E-state index contributed by atoms with van der Waals surface area (Å²) in [5.74, 6) is 1.94. The molecule has 2 aromatic carbocycles. The third-order valence-electron chi connectivity index (χ3n) is 4.74. The predicted molar refractivity (Wildman–Crippen MR) is 108 cm³/mol. The van der Waals surface area contributed by atoms with Crippen molar-refractivity contribution >= 4 is 0 Å². The third-order valence-corrected chi connectivity index (χ3v) is 4.74. The van der Waals surface area contributed by atoms with Crippen LogP contribution < -0.4 is 19.8 Å². The summed E-state index contributed by atoms with van der Waals surface area (Å²) in [6.07, 6.45) is 3.77. The average Bonchev–Trinajstić information content (AvgIpc) is 3.19. The standard InChI is InChI=1S/C23H23NO4/c1-2-3-13-26-20-11-12-24(15-17-7-5-4-6-8-17)23(25)22(20)18-9-10-19-21(14-18)28-16-27-19/h4-12,14H,2-3,13,15-16H2,1H3. The first-order valence-electron chi connectivity index (χ1n) is 9.56. The van der Waals surface area contributed by atoms with Crippen molar-refractivity contribution in [3.8, 4) is 28.4 Å². The van der Waals surface area contributed by atoms with E-state index >= 15 is 0 Å². The highest BCUT2D eigenvalue weighted by Crippen LogP contribution is 2.37. The van der Waals surface area contributed by atoms with E-state index in [0.717, 1.165) is 24.0 Å². The second-order valence-electron chi connectivity index (χ2n) is 6.74. The number of nitrogens with zero attached hydrogens (tertiary/aromatic N) is 1. The molecule has 3 aromatic rings. The van der Waals surface area contributed by atoms with Crippen LogP contribution in [0.2, 0.25) is 0 Å². The lowest BCUT2D eigenvalue weighted by atomic mass is 10.1. The highest BCUT2D eigenvalue weighted by atomic mass is 16.7. The minimum absolute atomic E-state index is 0.0864. The van der Waals surface area contributed by atoms with Gasteiger partial charge in [0.1, 0.15) is 5.75 Å². The predicted octanol–water partition coefficient (Wildman–Crippen LogP) is 4.47. The minimum atomic E-state index is -0.0864. The molecule has 0 atom stereocenters. The molecule has 0 spiro atoms. The molecule has 0 saturated carbocycles. The molecule has 0 saturated heterocycles. The maximum atomic E-state index is 13.3. The molecular weight excluding hydrogens is 354 g/mol. The van der Waals surface area contributed by atoms with Crippen LogP contribution in [0.1, 0.15) is 25.3 Å². The monoisotopic (exact) mass is 377 g/mol. The second kappa shape index (κ2) is 8.21. The van der Waals surface area contributed by atoms with Gasteiger partial charge >= 0.3 is 0 Å².